The topological polar surface area (TPSA) is 42.0 Å². The predicted molar refractivity (Wildman–Crippen MR) is 52.4 cm³/mol. The third-order valence-electron chi connectivity index (χ3n) is 2.12. The molecule has 0 fully saturated rings. The molecule has 0 spiro atoms. The first-order chi connectivity index (χ1) is 6.00. The van der Waals surface area contributed by atoms with Crippen molar-refractivity contribution >= 4 is 21.8 Å². The third kappa shape index (κ3) is 1.25. The fourth-order valence-electron chi connectivity index (χ4n) is 1.51. The second kappa shape index (κ2) is 2.54. The Hall–Kier alpha value is -0.900. The van der Waals surface area contributed by atoms with Crippen LogP contribution in [-0.2, 0) is 5.54 Å². The molecule has 1 aromatic rings. The molecule has 1 aromatic heterocycles. The lowest BCUT2D eigenvalue weighted by Gasteiger charge is -2.17. The molecule has 0 radical (unpaired) electrons. The van der Waals surface area contributed by atoms with Gasteiger partial charge in [0.15, 0.2) is 0 Å². The zero-order valence-corrected chi connectivity index (χ0v) is 8.97. The van der Waals surface area contributed by atoms with Gasteiger partial charge in [0.2, 0.25) is 0 Å². The number of nitrogens with zero attached hydrogens (tertiary/aromatic N) is 1. The molecule has 0 aliphatic carbocycles. The highest BCUT2D eigenvalue weighted by atomic mass is 79.9. The molecule has 0 saturated carbocycles. The van der Waals surface area contributed by atoms with Crippen LogP contribution in [0.3, 0.4) is 0 Å². The summed E-state index contributed by atoms with van der Waals surface area (Å²) in [6.45, 7) is 3.88. The summed E-state index contributed by atoms with van der Waals surface area (Å²) in [7, 11) is 0. The van der Waals surface area contributed by atoms with Crippen molar-refractivity contribution in [3.8, 4) is 0 Å². The van der Waals surface area contributed by atoms with Gasteiger partial charge in [-0.05, 0) is 41.9 Å². The molecule has 0 bridgehead atoms. The van der Waals surface area contributed by atoms with Crippen molar-refractivity contribution in [1.82, 2.24) is 10.3 Å². The molecule has 3 nitrogen and oxygen atoms in total. The van der Waals surface area contributed by atoms with Crippen molar-refractivity contribution in [2.24, 2.45) is 0 Å². The Labute approximate surface area is 84.7 Å². The van der Waals surface area contributed by atoms with E-state index in [4.69, 9.17) is 0 Å². The second-order valence-electron chi connectivity index (χ2n) is 3.61. The van der Waals surface area contributed by atoms with Gasteiger partial charge in [-0.15, -0.1) is 0 Å². The van der Waals surface area contributed by atoms with E-state index in [1.807, 2.05) is 13.8 Å². The van der Waals surface area contributed by atoms with Crippen LogP contribution in [0.5, 0.6) is 0 Å². The summed E-state index contributed by atoms with van der Waals surface area (Å²) in [5, 5.41) is 2.86. The summed E-state index contributed by atoms with van der Waals surface area (Å²) in [5.41, 5.74) is 1.14. The summed E-state index contributed by atoms with van der Waals surface area (Å²) >= 11 is 3.29. The Kier molecular flexibility index (Phi) is 1.70. The smallest absolute Gasteiger partial charge is 0.253 e. The second-order valence-corrected chi connectivity index (χ2v) is 4.42. The number of carbonyl (C=O) groups excluding carboxylic acids is 1. The maximum Gasteiger partial charge on any atom is 0.253 e. The van der Waals surface area contributed by atoms with Gasteiger partial charge in [0.1, 0.15) is 4.60 Å². The average Bonchev–Trinajstić information content (AvgIpc) is 2.23. The molecule has 4 heteroatoms. The van der Waals surface area contributed by atoms with Crippen molar-refractivity contribution in [3.63, 3.8) is 0 Å². The minimum Gasteiger partial charge on any atom is -0.341 e. The molecule has 13 heavy (non-hydrogen) atoms. The minimum absolute atomic E-state index is 0.0417. The molecule has 1 amide bonds. The van der Waals surface area contributed by atoms with Crippen LogP contribution in [0.4, 0.5) is 0 Å². The van der Waals surface area contributed by atoms with Crippen molar-refractivity contribution < 1.29 is 4.79 Å². The molecule has 1 aliphatic heterocycles. The minimum atomic E-state index is -0.351. The molecule has 0 saturated heterocycles. The van der Waals surface area contributed by atoms with E-state index in [2.05, 4.69) is 26.2 Å². The van der Waals surface area contributed by atoms with Crippen LogP contribution >= 0.6 is 15.9 Å². The Bertz CT molecular complexity index is 387. The highest BCUT2D eigenvalue weighted by Crippen LogP contribution is 2.29. The van der Waals surface area contributed by atoms with Crippen LogP contribution in [0.2, 0.25) is 0 Å². The lowest BCUT2D eigenvalue weighted by Crippen LogP contribution is -2.33. The SMILES string of the molecule is CC1(C)NC(=O)c2ccc(Br)nc21. The van der Waals surface area contributed by atoms with Gasteiger partial charge in [-0.3, -0.25) is 4.79 Å². The first-order valence-electron chi connectivity index (χ1n) is 4.00. The molecule has 1 aliphatic rings. The first-order valence-corrected chi connectivity index (χ1v) is 4.79. The number of amides is 1. The fraction of sp³-hybridized carbons (Fsp3) is 0.333. The molecule has 0 aromatic carbocycles. The van der Waals surface area contributed by atoms with E-state index in [9.17, 15) is 4.79 Å². The Balaban J connectivity index is 2.66. The van der Waals surface area contributed by atoms with Gasteiger partial charge < -0.3 is 5.32 Å². The maximum atomic E-state index is 11.4. The lowest BCUT2D eigenvalue weighted by atomic mass is 10.0. The maximum absolute atomic E-state index is 11.4. The average molecular weight is 241 g/mol. The van der Waals surface area contributed by atoms with Gasteiger partial charge in [0, 0.05) is 0 Å². The fourth-order valence-corrected chi connectivity index (χ4v) is 1.81. The molecule has 1 N–H and O–H groups in total. The van der Waals surface area contributed by atoms with E-state index in [0.29, 0.717) is 5.56 Å². The zero-order valence-electron chi connectivity index (χ0n) is 7.39. The van der Waals surface area contributed by atoms with E-state index >= 15 is 0 Å². The van der Waals surface area contributed by atoms with Gasteiger partial charge in [-0.1, -0.05) is 0 Å². The number of aromatic nitrogens is 1. The van der Waals surface area contributed by atoms with Gasteiger partial charge in [-0.25, -0.2) is 4.98 Å². The molecular weight excluding hydrogens is 232 g/mol. The van der Waals surface area contributed by atoms with Crippen molar-refractivity contribution in [1.29, 1.82) is 0 Å². The Morgan fingerprint density at radius 3 is 2.85 bits per heavy atom. The van der Waals surface area contributed by atoms with Crippen LogP contribution < -0.4 is 5.32 Å². The van der Waals surface area contributed by atoms with E-state index in [-0.39, 0.29) is 11.4 Å². The van der Waals surface area contributed by atoms with Crippen molar-refractivity contribution in [2.45, 2.75) is 19.4 Å². The van der Waals surface area contributed by atoms with E-state index in [1.54, 1.807) is 12.1 Å². The first kappa shape index (κ1) is 8.69. The molecule has 0 unspecified atom stereocenters. The lowest BCUT2D eigenvalue weighted by molar-refractivity contribution is 0.0940. The molecule has 0 atom stereocenters. The molecule has 2 heterocycles. The zero-order chi connectivity index (χ0) is 9.64. The van der Waals surface area contributed by atoms with E-state index in [1.165, 1.54) is 0 Å². The summed E-state index contributed by atoms with van der Waals surface area (Å²) in [4.78, 5) is 15.7. The molecular formula is C9H9BrN2O. The van der Waals surface area contributed by atoms with Crippen LogP contribution in [0.15, 0.2) is 16.7 Å². The normalized spacial score (nSPS) is 18.2. The molecule has 68 valence electrons. The number of hydrogen-bond acceptors (Lipinski definition) is 2. The largest absolute Gasteiger partial charge is 0.341 e. The Morgan fingerprint density at radius 2 is 2.15 bits per heavy atom. The van der Waals surface area contributed by atoms with E-state index < -0.39 is 0 Å². The number of pyridine rings is 1. The number of hydrogen-bond donors (Lipinski definition) is 1. The number of fused-ring (bicyclic) bond motifs is 1. The standard InChI is InChI=1S/C9H9BrN2O/c1-9(2)7-5(8(13)12-9)3-4-6(10)11-7/h3-4H,1-2H3,(H,12,13). The highest BCUT2D eigenvalue weighted by Gasteiger charge is 2.36. The van der Waals surface area contributed by atoms with E-state index in [0.717, 1.165) is 10.3 Å². The number of carbonyl (C=O) groups is 1. The van der Waals surface area contributed by atoms with Crippen LogP contribution in [-0.4, -0.2) is 10.9 Å². The summed E-state index contributed by atoms with van der Waals surface area (Å²) in [5.74, 6) is -0.0417. The monoisotopic (exact) mass is 240 g/mol. The molecule has 2 rings (SSSR count). The summed E-state index contributed by atoms with van der Waals surface area (Å²) in [6.07, 6.45) is 0. The predicted octanol–water partition coefficient (Wildman–Crippen LogP) is 1.82. The number of nitrogens with one attached hydrogen (secondary N) is 1. The Morgan fingerprint density at radius 1 is 1.46 bits per heavy atom. The van der Waals surface area contributed by atoms with Crippen LogP contribution in [0.25, 0.3) is 0 Å². The number of rotatable bonds is 0. The number of halogens is 1. The van der Waals surface area contributed by atoms with Crippen molar-refractivity contribution in [2.75, 3.05) is 0 Å². The van der Waals surface area contributed by atoms with Gasteiger partial charge in [-0.2, -0.15) is 0 Å². The third-order valence-corrected chi connectivity index (χ3v) is 2.57. The van der Waals surface area contributed by atoms with Gasteiger partial charge >= 0.3 is 0 Å². The van der Waals surface area contributed by atoms with Gasteiger partial charge in [0.05, 0.1) is 16.8 Å². The summed E-state index contributed by atoms with van der Waals surface area (Å²) < 4.78 is 0.760. The quantitative estimate of drug-likeness (QED) is 0.704. The summed E-state index contributed by atoms with van der Waals surface area (Å²) in [6, 6.07) is 3.57. The highest BCUT2D eigenvalue weighted by molar-refractivity contribution is 9.10. The van der Waals surface area contributed by atoms with Crippen LogP contribution in [0, 0.1) is 0 Å². The van der Waals surface area contributed by atoms with Crippen molar-refractivity contribution in [3.05, 3.63) is 28.0 Å². The van der Waals surface area contributed by atoms with Gasteiger partial charge in [0.25, 0.3) is 5.91 Å². The van der Waals surface area contributed by atoms with Crippen LogP contribution in [0.1, 0.15) is 29.9 Å².